The highest BCUT2D eigenvalue weighted by Gasteiger charge is 2.19. The number of benzene rings is 1. The third-order valence-electron chi connectivity index (χ3n) is 3.57. The van der Waals surface area contributed by atoms with E-state index in [4.69, 9.17) is 0 Å². The monoisotopic (exact) mass is 271 g/mol. The molecule has 20 heavy (non-hydrogen) atoms. The van der Waals surface area contributed by atoms with Gasteiger partial charge in [-0.05, 0) is 43.9 Å². The molecule has 3 nitrogen and oxygen atoms in total. The predicted molar refractivity (Wildman–Crippen MR) is 77.4 cm³/mol. The van der Waals surface area contributed by atoms with Crippen molar-refractivity contribution in [3.8, 4) is 0 Å². The highest BCUT2D eigenvalue weighted by molar-refractivity contribution is 5.49. The van der Waals surface area contributed by atoms with E-state index in [-0.39, 0.29) is 5.82 Å². The van der Waals surface area contributed by atoms with Crippen LogP contribution in [0.4, 0.5) is 10.2 Å². The number of nitrogens with zero attached hydrogens (tertiary/aromatic N) is 2. The maximum Gasteiger partial charge on any atom is 0.135 e. The zero-order valence-corrected chi connectivity index (χ0v) is 11.6. The molecular weight excluding hydrogens is 253 g/mol. The second-order valence-electron chi connectivity index (χ2n) is 5.10. The average molecular weight is 271 g/mol. The smallest absolute Gasteiger partial charge is 0.135 e. The number of aromatic nitrogens is 2. The summed E-state index contributed by atoms with van der Waals surface area (Å²) in [6, 6.07) is 6.64. The van der Waals surface area contributed by atoms with E-state index < -0.39 is 0 Å². The molecule has 0 saturated carbocycles. The first kappa shape index (κ1) is 13.0. The van der Waals surface area contributed by atoms with E-state index in [0.29, 0.717) is 6.42 Å². The number of aryl methyl sites for hydroxylation is 1. The van der Waals surface area contributed by atoms with E-state index in [1.807, 2.05) is 6.07 Å². The molecule has 1 N–H and O–H groups in total. The van der Waals surface area contributed by atoms with Gasteiger partial charge in [-0.2, -0.15) is 0 Å². The standard InChI is InChI=1S/C16H18FN3/c1-2-18-16-13-7-4-8-14(13)19-15(20-16)10-11-5-3-6-12(17)9-11/h3,5-6,9H,2,4,7-8,10H2,1H3,(H,18,19,20). The van der Waals surface area contributed by atoms with Gasteiger partial charge in [0.15, 0.2) is 0 Å². The number of fused-ring (bicyclic) bond motifs is 1. The van der Waals surface area contributed by atoms with Crippen LogP contribution in [0.25, 0.3) is 0 Å². The topological polar surface area (TPSA) is 37.8 Å². The third-order valence-corrected chi connectivity index (χ3v) is 3.57. The first-order chi connectivity index (χ1) is 9.76. The zero-order chi connectivity index (χ0) is 13.9. The molecule has 1 aromatic carbocycles. The maximum atomic E-state index is 13.2. The molecular formula is C16H18FN3. The lowest BCUT2D eigenvalue weighted by atomic mass is 10.1. The van der Waals surface area contributed by atoms with Gasteiger partial charge in [-0.1, -0.05) is 12.1 Å². The Kier molecular flexibility index (Phi) is 3.63. The van der Waals surface area contributed by atoms with Gasteiger partial charge in [0.25, 0.3) is 0 Å². The van der Waals surface area contributed by atoms with E-state index in [9.17, 15) is 4.39 Å². The fraction of sp³-hybridized carbons (Fsp3) is 0.375. The van der Waals surface area contributed by atoms with Crippen LogP contribution >= 0.6 is 0 Å². The highest BCUT2D eigenvalue weighted by atomic mass is 19.1. The van der Waals surface area contributed by atoms with Crippen molar-refractivity contribution in [2.24, 2.45) is 0 Å². The van der Waals surface area contributed by atoms with Gasteiger partial charge in [-0.15, -0.1) is 0 Å². The first-order valence-electron chi connectivity index (χ1n) is 7.13. The van der Waals surface area contributed by atoms with E-state index in [2.05, 4.69) is 22.2 Å². The average Bonchev–Trinajstić information content (AvgIpc) is 2.87. The van der Waals surface area contributed by atoms with Crippen molar-refractivity contribution in [1.82, 2.24) is 9.97 Å². The first-order valence-corrected chi connectivity index (χ1v) is 7.13. The van der Waals surface area contributed by atoms with E-state index in [1.165, 1.54) is 11.6 Å². The molecule has 1 heterocycles. The molecule has 2 aromatic rings. The summed E-state index contributed by atoms with van der Waals surface area (Å²) in [5.41, 5.74) is 3.32. The molecule has 0 radical (unpaired) electrons. The highest BCUT2D eigenvalue weighted by Crippen LogP contribution is 2.26. The summed E-state index contributed by atoms with van der Waals surface area (Å²) >= 11 is 0. The van der Waals surface area contributed by atoms with Gasteiger partial charge >= 0.3 is 0 Å². The maximum absolute atomic E-state index is 13.2. The van der Waals surface area contributed by atoms with Gasteiger partial charge in [0.1, 0.15) is 17.5 Å². The molecule has 1 aromatic heterocycles. The third kappa shape index (κ3) is 2.64. The van der Waals surface area contributed by atoms with Crippen molar-refractivity contribution in [3.63, 3.8) is 0 Å². The molecule has 3 rings (SSSR count). The lowest BCUT2D eigenvalue weighted by Crippen LogP contribution is -2.09. The molecule has 0 fully saturated rings. The van der Waals surface area contributed by atoms with Crippen molar-refractivity contribution in [1.29, 1.82) is 0 Å². The predicted octanol–water partition coefficient (Wildman–Crippen LogP) is 3.13. The molecule has 0 bridgehead atoms. The minimum atomic E-state index is -0.212. The quantitative estimate of drug-likeness (QED) is 0.928. The summed E-state index contributed by atoms with van der Waals surface area (Å²) in [5.74, 6) is 1.52. The number of hydrogen-bond acceptors (Lipinski definition) is 3. The summed E-state index contributed by atoms with van der Waals surface area (Å²) in [7, 11) is 0. The minimum Gasteiger partial charge on any atom is -0.370 e. The Bertz CT molecular complexity index is 625. The van der Waals surface area contributed by atoms with Crippen molar-refractivity contribution in [2.75, 3.05) is 11.9 Å². The van der Waals surface area contributed by atoms with Gasteiger partial charge in [0.2, 0.25) is 0 Å². The van der Waals surface area contributed by atoms with E-state index in [0.717, 1.165) is 48.7 Å². The van der Waals surface area contributed by atoms with Crippen molar-refractivity contribution >= 4 is 5.82 Å². The van der Waals surface area contributed by atoms with Crippen LogP contribution in [0.3, 0.4) is 0 Å². The van der Waals surface area contributed by atoms with Crippen LogP contribution in [0.2, 0.25) is 0 Å². The largest absolute Gasteiger partial charge is 0.370 e. The Morgan fingerprint density at radius 3 is 2.95 bits per heavy atom. The lowest BCUT2D eigenvalue weighted by Gasteiger charge is -2.11. The van der Waals surface area contributed by atoms with Crippen molar-refractivity contribution < 1.29 is 4.39 Å². The fourth-order valence-corrected chi connectivity index (χ4v) is 2.71. The Balaban J connectivity index is 1.92. The van der Waals surface area contributed by atoms with Gasteiger partial charge in [0.05, 0.1) is 0 Å². The van der Waals surface area contributed by atoms with Gasteiger partial charge < -0.3 is 5.32 Å². The Morgan fingerprint density at radius 1 is 1.25 bits per heavy atom. The molecule has 0 amide bonds. The van der Waals surface area contributed by atoms with Crippen LogP contribution in [-0.4, -0.2) is 16.5 Å². The van der Waals surface area contributed by atoms with Crippen molar-refractivity contribution in [2.45, 2.75) is 32.6 Å². The van der Waals surface area contributed by atoms with Crippen LogP contribution in [0.5, 0.6) is 0 Å². The van der Waals surface area contributed by atoms with Crippen LogP contribution in [0.15, 0.2) is 24.3 Å². The Labute approximate surface area is 118 Å². The summed E-state index contributed by atoms with van der Waals surface area (Å²) in [4.78, 5) is 9.26. The number of nitrogens with one attached hydrogen (secondary N) is 1. The summed E-state index contributed by atoms with van der Waals surface area (Å²) < 4.78 is 13.2. The number of rotatable bonds is 4. The minimum absolute atomic E-state index is 0.212. The van der Waals surface area contributed by atoms with Gasteiger partial charge in [-0.25, -0.2) is 14.4 Å². The van der Waals surface area contributed by atoms with Crippen LogP contribution in [0, 0.1) is 5.82 Å². The number of anilines is 1. The molecule has 0 saturated heterocycles. The van der Waals surface area contributed by atoms with Crippen LogP contribution in [0.1, 0.15) is 36.0 Å². The molecule has 0 unspecified atom stereocenters. The summed E-state index contributed by atoms with van der Waals surface area (Å²) in [6.45, 7) is 2.92. The zero-order valence-electron chi connectivity index (χ0n) is 11.6. The second kappa shape index (κ2) is 5.57. The van der Waals surface area contributed by atoms with Gasteiger partial charge in [0, 0.05) is 24.2 Å². The molecule has 4 heteroatoms. The second-order valence-corrected chi connectivity index (χ2v) is 5.10. The molecule has 104 valence electrons. The number of hydrogen-bond donors (Lipinski definition) is 1. The Morgan fingerprint density at radius 2 is 2.15 bits per heavy atom. The number of halogens is 1. The van der Waals surface area contributed by atoms with E-state index >= 15 is 0 Å². The van der Waals surface area contributed by atoms with Crippen LogP contribution < -0.4 is 5.32 Å². The molecule has 1 aliphatic rings. The van der Waals surface area contributed by atoms with Crippen LogP contribution in [-0.2, 0) is 19.3 Å². The fourth-order valence-electron chi connectivity index (χ4n) is 2.71. The lowest BCUT2D eigenvalue weighted by molar-refractivity contribution is 0.625. The molecule has 1 aliphatic carbocycles. The van der Waals surface area contributed by atoms with Gasteiger partial charge in [-0.3, -0.25) is 0 Å². The SMILES string of the molecule is CCNc1nc(Cc2cccc(F)c2)nc2c1CCC2. The van der Waals surface area contributed by atoms with Crippen molar-refractivity contribution in [3.05, 3.63) is 52.7 Å². The Hall–Kier alpha value is -1.97. The summed E-state index contributed by atoms with van der Waals surface area (Å²) in [6.07, 6.45) is 3.79. The normalized spacial score (nSPS) is 13.3. The molecule has 0 aliphatic heterocycles. The van der Waals surface area contributed by atoms with E-state index in [1.54, 1.807) is 12.1 Å². The summed E-state index contributed by atoms with van der Waals surface area (Å²) in [5, 5.41) is 3.32. The molecule has 0 spiro atoms. The molecule has 0 atom stereocenters.